The van der Waals surface area contributed by atoms with Gasteiger partial charge in [-0.1, -0.05) is 12.1 Å². The van der Waals surface area contributed by atoms with Crippen LogP contribution in [0.5, 0.6) is 0 Å². The molecule has 10 heteroatoms. The highest BCUT2D eigenvalue weighted by atomic mass is 32.2. The number of aromatic nitrogens is 2. The predicted octanol–water partition coefficient (Wildman–Crippen LogP) is 2.28. The van der Waals surface area contributed by atoms with E-state index in [0.29, 0.717) is 25.9 Å². The van der Waals surface area contributed by atoms with Gasteiger partial charge >= 0.3 is 6.03 Å². The molecule has 0 atom stereocenters. The molecule has 4 rings (SSSR count). The Morgan fingerprint density at radius 2 is 1.76 bits per heavy atom. The molecule has 1 aliphatic heterocycles. The van der Waals surface area contributed by atoms with Gasteiger partial charge in [0.05, 0.1) is 15.9 Å². The van der Waals surface area contributed by atoms with Crippen LogP contribution in [0.1, 0.15) is 12.8 Å². The molecule has 2 heterocycles. The van der Waals surface area contributed by atoms with Crippen molar-refractivity contribution in [2.24, 2.45) is 0 Å². The van der Waals surface area contributed by atoms with Gasteiger partial charge in [0.1, 0.15) is 12.1 Å². The van der Waals surface area contributed by atoms with E-state index in [4.69, 9.17) is 0 Å². The molecule has 3 aromatic rings. The number of likely N-dealkylation sites (tertiary alicyclic amines) is 1. The summed E-state index contributed by atoms with van der Waals surface area (Å²) in [6.45, 7) is 0.824. The summed E-state index contributed by atoms with van der Waals surface area (Å²) in [5.41, 5.74) is 4.37. The minimum atomic E-state index is -3.73. The Morgan fingerprint density at radius 1 is 1.07 bits per heavy atom. The second-order valence-corrected chi connectivity index (χ2v) is 8.57. The molecule has 1 aliphatic rings. The predicted molar refractivity (Wildman–Crippen MR) is 106 cm³/mol. The number of urea groups is 1. The first-order valence-corrected chi connectivity index (χ1v) is 10.7. The third kappa shape index (κ3) is 4.22. The number of carbonyl (C=O) groups is 1. The summed E-state index contributed by atoms with van der Waals surface area (Å²) in [6.07, 6.45) is 2.52. The average Bonchev–Trinajstić information content (AvgIpc) is 3.11. The van der Waals surface area contributed by atoms with Crippen molar-refractivity contribution in [2.75, 3.05) is 18.5 Å². The minimum absolute atomic E-state index is 0.0195. The zero-order chi connectivity index (χ0) is 20.4. The topological polar surface area (TPSA) is 96.3 Å². The molecule has 8 nitrogen and oxygen atoms in total. The van der Waals surface area contributed by atoms with Gasteiger partial charge in [0.15, 0.2) is 0 Å². The molecular formula is C19H20FN5O3S. The van der Waals surface area contributed by atoms with Crippen LogP contribution in [0, 0.1) is 5.82 Å². The Morgan fingerprint density at radius 3 is 2.48 bits per heavy atom. The first-order chi connectivity index (χ1) is 13.9. The van der Waals surface area contributed by atoms with Gasteiger partial charge in [-0.05, 0) is 49.2 Å². The van der Waals surface area contributed by atoms with E-state index in [2.05, 4.69) is 15.1 Å². The molecule has 2 amide bonds. The van der Waals surface area contributed by atoms with Crippen molar-refractivity contribution in [2.45, 2.75) is 23.8 Å². The maximum atomic E-state index is 13.0. The number of nitrogens with zero attached hydrogens (tertiary/aromatic N) is 3. The summed E-state index contributed by atoms with van der Waals surface area (Å²) in [5.74, 6) is -0.492. The Kier molecular flexibility index (Phi) is 5.20. The highest BCUT2D eigenvalue weighted by Crippen LogP contribution is 2.16. The van der Waals surface area contributed by atoms with Gasteiger partial charge in [0.25, 0.3) is 0 Å². The number of para-hydroxylation sites is 2. The molecule has 1 saturated heterocycles. The Labute approximate surface area is 167 Å². The number of nitrogens with one attached hydrogen (secondary N) is 2. The average molecular weight is 417 g/mol. The van der Waals surface area contributed by atoms with E-state index in [1.807, 2.05) is 24.3 Å². The molecule has 2 aromatic carbocycles. The van der Waals surface area contributed by atoms with Crippen molar-refractivity contribution in [3.05, 3.63) is 60.7 Å². The number of amides is 2. The summed E-state index contributed by atoms with van der Waals surface area (Å²) in [5, 5.41) is 0. The van der Waals surface area contributed by atoms with Gasteiger partial charge < -0.3 is 4.90 Å². The molecule has 0 aliphatic carbocycles. The molecule has 0 unspecified atom stereocenters. The van der Waals surface area contributed by atoms with E-state index in [9.17, 15) is 17.6 Å². The van der Waals surface area contributed by atoms with Crippen LogP contribution in [0.2, 0.25) is 0 Å². The number of hydrogen-bond donors (Lipinski definition) is 2. The summed E-state index contributed by atoms with van der Waals surface area (Å²) in [4.78, 5) is 18.4. The summed E-state index contributed by atoms with van der Waals surface area (Å²) >= 11 is 0. The van der Waals surface area contributed by atoms with Crippen LogP contribution in [0.4, 0.5) is 9.18 Å². The van der Waals surface area contributed by atoms with Crippen molar-refractivity contribution in [3.63, 3.8) is 0 Å². The van der Waals surface area contributed by atoms with E-state index in [-0.39, 0.29) is 17.0 Å². The van der Waals surface area contributed by atoms with Crippen LogP contribution in [-0.4, -0.2) is 48.1 Å². The van der Waals surface area contributed by atoms with Crippen molar-refractivity contribution in [1.82, 2.24) is 19.3 Å². The zero-order valence-electron chi connectivity index (χ0n) is 15.5. The van der Waals surface area contributed by atoms with Crippen LogP contribution >= 0.6 is 0 Å². The smallest absolute Gasteiger partial charge is 0.323 e. The molecule has 29 heavy (non-hydrogen) atoms. The first kappa shape index (κ1) is 19.3. The van der Waals surface area contributed by atoms with Gasteiger partial charge in [-0.15, -0.1) is 0 Å². The van der Waals surface area contributed by atoms with Crippen LogP contribution < -0.4 is 10.1 Å². The van der Waals surface area contributed by atoms with Crippen molar-refractivity contribution in [3.8, 4) is 0 Å². The molecule has 1 aromatic heterocycles. The number of hydrogen-bond acceptors (Lipinski definition) is 4. The van der Waals surface area contributed by atoms with Gasteiger partial charge in [-0.2, -0.15) is 0 Å². The van der Waals surface area contributed by atoms with Gasteiger partial charge in [-0.25, -0.2) is 37.4 Å². The number of fused-ring (bicyclic) bond motifs is 1. The SMILES string of the molecule is O=C(Nn1cnc2ccccc21)N1CCC(NS(=O)(=O)c2ccc(F)cc2)CC1. The number of imidazole rings is 1. The lowest BCUT2D eigenvalue weighted by atomic mass is 10.1. The molecule has 0 radical (unpaired) electrons. The highest BCUT2D eigenvalue weighted by molar-refractivity contribution is 7.89. The van der Waals surface area contributed by atoms with Crippen LogP contribution in [0.15, 0.2) is 59.8 Å². The number of halogens is 1. The summed E-state index contributed by atoms with van der Waals surface area (Å²) < 4.78 is 42.1. The Bertz CT molecular complexity index is 1120. The Hall–Kier alpha value is -2.98. The zero-order valence-corrected chi connectivity index (χ0v) is 16.3. The third-order valence-electron chi connectivity index (χ3n) is 4.90. The van der Waals surface area contributed by atoms with Crippen LogP contribution in [0.3, 0.4) is 0 Å². The lowest BCUT2D eigenvalue weighted by molar-refractivity contribution is 0.190. The van der Waals surface area contributed by atoms with E-state index in [1.54, 1.807) is 15.9 Å². The maximum absolute atomic E-state index is 13.0. The largest absolute Gasteiger partial charge is 0.336 e. The van der Waals surface area contributed by atoms with Gasteiger partial charge in [0.2, 0.25) is 10.0 Å². The Balaban J connectivity index is 1.34. The number of benzene rings is 2. The molecule has 1 fully saturated rings. The third-order valence-corrected chi connectivity index (χ3v) is 6.43. The normalized spacial score (nSPS) is 15.6. The van der Waals surface area contributed by atoms with Gasteiger partial charge in [0, 0.05) is 19.1 Å². The molecule has 0 spiro atoms. The quantitative estimate of drug-likeness (QED) is 0.681. The van der Waals surface area contributed by atoms with Crippen LogP contribution in [0.25, 0.3) is 11.0 Å². The standard InChI is InChI=1S/C19H20FN5O3S/c20-14-5-7-16(8-6-14)29(27,28)23-15-9-11-24(12-10-15)19(26)22-25-13-21-17-3-1-2-4-18(17)25/h1-8,13,15,23H,9-12H2,(H,22,26). The fourth-order valence-corrected chi connectivity index (χ4v) is 4.63. The van der Waals surface area contributed by atoms with Gasteiger partial charge in [-0.3, -0.25) is 0 Å². The van der Waals surface area contributed by atoms with E-state index in [0.717, 1.165) is 23.2 Å². The van der Waals surface area contributed by atoms with Crippen molar-refractivity contribution in [1.29, 1.82) is 0 Å². The minimum Gasteiger partial charge on any atom is -0.323 e. The molecular weight excluding hydrogens is 397 g/mol. The van der Waals surface area contributed by atoms with E-state index in [1.165, 1.54) is 12.1 Å². The molecule has 2 N–H and O–H groups in total. The second kappa shape index (κ2) is 7.80. The molecule has 152 valence electrons. The fraction of sp³-hybridized carbons (Fsp3) is 0.263. The monoisotopic (exact) mass is 417 g/mol. The van der Waals surface area contributed by atoms with Crippen molar-refractivity contribution < 1.29 is 17.6 Å². The van der Waals surface area contributed by atoms with E-state index >= 15 is 0 Å². The van der Waals surface area contributed by atoms with Crippen LogP contribution in [-0.2, 0) is 10.0 Å². The summed E-state index contributed by atoms with van der Waals surface area (Å²) in [7, 11) is -3.73. The van der Waals surface area contributed by atoms with E-state index < -0.39 is 15.8 Å². The summed E-state index contributed by atoms with van der Waals surface area (Å²) in [6, 6.07) is 11.6. The number of rotatable bonds is 4. The first-order valence-electron chi connectivity index (χ1n) is 9.18. The fourth-order valence-electron chi connectivity index (χ4n) is 3.32. The number of piperidine rings is 1. The number of carbonyl (C=O) groups excluding carboxylic acids is 1. The maximum Gasteiger partial charge on any atom is 0.336 e. The lowest BCUT2D eigenvalue weighted by Gasteiger charge is -2.32. The second-order valence-electron chi connectivity index (χ2n) is 6.86. The molecule has 0 saturated carbocycles. The number of sulfonamides is 1. The highest BCUT2D eigenvalue weighted by Gasteiger charge is 2.27. The van der Waals surface area contributed by atoms with Crippen molar-refractivity contribution >= 4 is 27.1 Å². The molecule has 0 bridgehead atoms. The lowest BCUT2D eigenvalue weighted by Crippen LogP contribution is -2.48.